The Morgan fingerprint density at radius 2 is 2.00 bits per heavy atom. The summed E-state index contributed by atoms with van der Waals surface area (Å²) in [5.41, 5.74) is 4.86. The predicted molar refractivity (Wildman–Crippen MR) is 75.1 cm³/mol. The largest absolute Gasteiger partial charge is 0.341 e. The zero-order chi connectivity index (χ0) is 14.1. The molecule has 3 heterocycles. The van der Waals surface area contributed by atoms with Crippen LogP contribution in [0.15, 0.2) is 22.7 Å². The van der Waals surface area contributed by atoms with E-state index >= 15 is 0 Å². The normalized spacial score (nSPS) is 10.9. The van der Waals surface area contributed by atoms with Crippen LogP contribution >= 0.6 is 11.8 Å². The fourth-order valence-corrected chi connectivity index (χ4v) is 2.72. The van der Waals surface area contributed by atoms with Gasteiger partial charge in [0.1, 0.15) is 33.5 Å². The van der Waals surface area contributed by atoms with Gasteiger partial charge in [0.2, 0.25) is 0 Å². The molecule has 0 aliphatic rings. The molecule has 0 aliphatic carbocycles. The fourth-order valence-electron chi connectivity index (χ4n) is 1.75. The van der Waals surface area contributed by atoms with E-state index in [1.54, 1.807) is 6.33 Å². The summed E-state index contributed by atoms with van der Waals surface area (Å²) in [5, 5.41) is 1.55. The number of rotatable bonds is 3. The number of hydrogen-bond acceptors (Lipinski definition) is 8. The maximum absolute atomic E-state index is 5.46. The third-order valence-corrected chi connectivity index (χ3v) is 3.82. The van der Waals surface area contributed by atoms with Crippen molar-refractivity contribution in [2.24, 2.45) is 5.84 Å². The van der Waals surface area contributed by atoms with Crippen molar-refractivity contribution in [1.29, 1.82) is 0 Å². The first kappa shape index (κ1) is 12.8. The molecule has 0 saturated heterocycles. The Bertz CT molecular complexity index is 768. The van der Waals surface area contributed by atoms with E-state index in [4.69, 9.17) is 5.84 Å². The monoisotopic (exact) mass is 288 g/mol. The predicted octanol–water partition coefficient (Wildman–Crippen LogP) is 1.20. The van der Waals surface area contributed by atoms with Gasteiger partial charge in [-0.1, -0.05) is 0 Å². The van der Waals surface area contributed by atoms with E-state index < -0.39 is 0 Å². The van der Waals surface area contributed by atoms with Gasteiger partial charge >= 0.3 is 0 Å². The summed E-state index contributed by atoms with van der Waals surface area (Å²) in [6.07, 6.45) is 3.07. The van der Waals surface area contributed by atoms with Crippen molar-refractivity contribution in [3.05, 3.63) is 24.0 Å². The van der Waals surface area contributed by atoms with Crippen LogP contribution in [-0.2, 0) is 0 Å². The molecule has 3 rings (SSSR count). The number of imidazole rings is 1. The van der Waals surface area contributed by atoms with Crippen LogP contribution in [0.5, 0.6) is 0 Å². The lowest BCUT2D eigenvalue weighted by Gasteiger charge is -2.09. The number of nitrogen functional groups attached to an aromatic ring is 1. The first-order valence-corrected chi connectivity index (χ1v) is 6.64. The lowest BCUT2D eigenvalue weighted by Crippen LogP contribution is -2.12. The molecule has 3 aromatic heterocycles. The molecule has 0 unspecified atom stereocenters. The van der Waals surface area contributed by atoms with Crippen molar-refractivity contribution in [3.8, 4) is 0 Å². The minimum atomic E-state index is 0.606. The van der Waals surface area contributed by atoms with Crippen molar-refractivity contribution in [2.75, 3.05) is 5.43 Å². The van der Waals surface area contributed by atoms with Gasteiger partial charge in [0.05, 0.1) is 6.33 Å². The first-order valence-electron chi connectivity index (χ1n) is 5.83. The molecule has 0 spiro atoms. The SMILES string of the molecule is Cc1nc(NN)c(C)c(Sc2ncnc3nc[nH]c23)n1. The highest BCUT2D eigenvalue weighted by atomic mass is 32.2. The number of nitrogens with zero attached hydrogens (tertiary/aromatic N) is 5. The van der Waals surface area contributed by atoms with Gasteiger partial charge in [0.15, 0.2) is 5.65 Å². The number of nitrogens with two attached hydrogens (primary N) is 1. The molecule has 102 valence electrons. The van der Waals surface area contributed by atoms with Gasteiger partial charge in [-0.05, 0) is 25.6 Å². The standard InChI is InChI=1S/C11H12N8S/c1-5-8(19-12)17-6(2)18-10(5)20-11-7-9(14-3-13-7)15-4-16-11/h3-4H,12H2,1-2H3,(H,17,18,19)(H,13,14,15,16). The van der Waals surface area contributed by atoms with Crippen LogP contribution in [-0.4, -0.2) is 29.9 Å². The second-order valence-electron chi connectivity index (χ2n) is 4.08. The topological polar surface area (TPSA) is 118 Å². The molecular weight excluding hydrogens is 276 g/mol. The highest BCUT2D eigenvalue weighted by molar-refractivity contribution is 7.99. The molecule has 3 aromatic rings. The number of aromatic amines is 1. The van der Waals surface area contributed by atoms with Crippen molar-refractivity contribution < 1.29 is 0 Å². The zero-order valence-corrected chi connectivity index (χ0v) is 11.7. The Morgan fingerprint density at radius 1 is 1.15 bits per heavy atom. The number of anilines is 1. The van der Waals surface area contributed by atoms with Crippen LogP contribution in [0.25, 0.3) is 11.2 Å². The molecule has 0 aliphatic heterocycles. The molecule has 0 fully saturated rings. The summed E-state index contributed by atoms with van der Waals surface area (Å²) in [6, 6.07) is 0. The molecule has 9 heteroatoms. The van der Waals surface area contributed by atoms with Crippen LogP contribution in [0.3, 0.4) is 0 Å². The zero-order valence-electron chi connectivity index (χ0n) is 10.9. The molecule has 0 aromatic carbocycles. The van der Waals surface area contributed by atoms with Crippen LogP contribution in [0.2, 0.25) is 0 Å². The minimum Gasteiger partial charge on any atom is -0.341 e. The van der Waals surface area contributed by atoms with Crippen molar-refractivity contribution in [1.82, 2.24) is 29.9 Å². The Hall–Kier alpha value is -2.26. The quantitative estimate of drug-likeness (QED) is 0.374. The second-order valence-corrected chi connectivity index (χ2v) is 5.05. The lowest BCUT2D eigenvalue weighted by atomic mass is 10.3. The van der Waals surface area contributed by atoms with Crippen LogP contribution in [0.1, 0.15) is 11.4 Å². The number of hydrazine groups is 1. The minimum absolute atomic E-state index is 0.606. The maximum Gasteiger partial charge on any atom is 0.181 e. The number of H-pyrrole nitrogens is 1. The molecule has 0 amide bonds. The van der Waals surface area contributed by atoms with Gasteiger partial charge < -0.3 is 10.4 Å². The Balaban J connectivity index is 2.07. The number of fused-ring (bicyclic) bond motifs is 1. The summed E-state index contributed by atoms with van der Waals surface area (Å²) in [7, 11) is 0. The molecule has 0 bridgehead atoms. The molecule has 0 radical (unpaired) electrons. The van der Waals surface area contributed by atoms with E-state index in [9.17, 15) is 0 Å². The molecule has 20 heavy (non-hydrogen) atoms. The van der Waals surface area contributed by atoms with Crippen LogP contribution in [0.4, 0.5) is 5.82 Å². The third kappa shape index (κ3) is 2.17. The van der Waals surface area contributed by atoms with E-state index in [1.807, 2.05) is 13.8 Å². The lowest BCUT2D eigenvalue weighted by molar-refractivity contribution is 0.932. The number of aryl methyl sites for hydroxylation is 1. The van der Waals surface area contributed by atoms with Crippen molar-refractivity contribution >= 4 is 28.7 Å². The van der Waals surface area contributed by atoms with E-state index in [0.717, 1.165) is 21.1 Å². The van der Waals surface area contributed by atoms with E-state index in [1.165, 1.54) is 18.1 Å². The van der Waals surface area contributed by atoms with Gasteiger partial charge in [-0.25, -0.2) is 30.8 Å². The molecule has 8 nitrogen and oxygen atoms in total. The van der Waals surface area contributed by atoms with Crippen LogP contribution in [0, 0.1) is 13.8 Å². The summed E-state index contributed by atoms with van der Waals surface area (Å²) in [5.74, 6) is 6.71. The van der Waals surface area contributed by atoms with Crippen LogP contribution < -0.4 is 11.3 Å². The molecule has 4 N–H and O–H groups in total. The average molecular weight is 288 g/mol. The van der Waals surface area contributed by atoms with Gasteiger partial charge in [-0.2, -0.15) is 0 Å². The van der Waals surface area contributed by atoms with Crippen molar-refractivity contribution in [3.63, 3.8) is 0 Å². The van der Waals surface area contributed by atoms with Gasteiger partial charge in [-0.15, -0.1) is 0 Å². The Labute approximate surface area is 118 Å². The molecule has 0 saturated carbocycles. The number of nitrogens with one attached hydrogen (secondary N) is 2. The fraction of sp³-hybridized carbons (Fsp3) is 0.182. The summed E-state index contributed by atoms with van der Waals surface area (Å²) < 4.78 is 0. The first-order chi connectivity index (χ1) is 9.69. The highest BCUT2D eigenvalue weighted by Crippen LogP contribution is 2.32. The summed E-state index contributed by atoms with van der Waals surface area (Å²) >= 11 is 1.42. The maximum atomic E-state index is 5.46. The van der Waals surface area contributed by atoms with E-state index in [0.29, 0.717) is 17.3 Å². The highest BCUT2D eigenvalue weighted by Gasteiger charge is 2.13. The summed E-state index contributed by atoms with van der Waals surface area (Å²) in [4.78, 5) is 24.2. The van der Waals surface area contributed by atoms with Gasteiger partial charge in [0.25, 0.3) is 0 Å². The molecule has 0 atom stereocenters. The molecular formula is C11H12N8S. The number of aromatic nitrogens is 6. The van der Waals surface area contributed by atoms with Gasteiger partial charge in [0, 0.05) is 5.56 Å². The number of hydrogen-bond donors (Lipinski definition) is 3. The Morgan fingerprint density at radius 3 is 2.80 bits per heavy atom. The van der Waals surface area contributed by atoms with Gasteiger partial charge in [-0.3, -0.25) is 0 Å². The average Bonchev–Trinajstić information content (AvgIpc) is 2.92. The second kappa shape index (κ2) is 5.02. The summed E-state index contributed by atoms with van der Waals surface area (Å²) in [6.45, 7) is 3.72. The Kier molecular flexibility index (Phi) is 3.20. The third-order valence-electron chi connectivity index (χ3n) is 2.73. The van der Waals surface area contributed by atoms with E-state index in [2.05, 4.69) is 35.3 Å². The van der Waals surface area contributed by atoms with E-state index in [-0.39, 0.29) is 0 Å². The van der Waals surface area contributed by atoms with Crippen molar-refractivity contribution in [2.45, 2.75) is 23.9 Å². The smallest absolute Gasteiger partial charge is 0.181 e.